The third-order valence-corrected chi connectivity index (χ3v) is 3.78. The molecule has 1 aliphatic rings. The van der Waals surface area contributed by atoms with Gasteiger partial charge in [-0.25, -0.2) is 0 Å². The molecule has 3 rings (SSSR count). The number of fused-ring (bicyclic) bond motifs is 1. The van der Waals surface area contributed by atoms with E-state index >= 15 is 0 Å². The second-order valence-corrected chi connectivity index (χ2v) is 5.21. The summed E-state index contributed by atoms with van der Waals surface area (Å²) in [7, 11) is 0. The van der Waals surface area contributed by atoms with E-state index in [4.69, 9.17) is 4.74 Å². The topological polar surface area (TPSA) is 21.3 Å². The van der Waals surface area contributed by atoms with Gasteiger partial charge in [0.1, 0.15) is 5.75 Å². The normalized spacial score (nSPS) is 13.8. The lowest BCUT2D eigenvalue weighted by Crippen LogP contribution is -2.24. The van der Waals surface area contributed by atoms with Crippen molar-refractivity contribution >= 4 is 0 Å². The molecule has 0 spiro atoms. The van der Waals surface area contributed by atoms with E-state index in [-0.39, 0.29) is 0 Å². The first-order valence-electron chi connectivity index (χ1n) is 7.44. The number of nitrogens with one attached hydrogen (secondary N) is 1. The van der Waals surface area contributed by atoms with Gasteiger partial charge in [-0.2, -0.15) is 0 Å². The van der Waals surface area contributed by atoms with E-state index in [9.17, 15) is 0 Å². The van der Waals surface area contributed by atoms with Crippen molar-refractivity contribution in [3.63, 3.8) is 0 Å². The number of para-hydroxylation sites is 1. The minimum absolute atomic E-state index is 0.768. The summed E-state index contributed by atoms with van der Waals surface area (Å²) in [5.74, 6) is 0.994. The highest BCUT2D eigenvalue weighted by atomic mass is 16.5. The SMILES string of the molecule is CCCOc1ccccc1-c1cccc2c1CNCC2. The first-order chi connectivity index (χ1) is 9.90. The van der Waals surface area contributed by atoms with Gasteiger partial charge in [0.15, 0.2) is 0 Å². The van der Waals surface area contributed by atoms with Crippen molar-refractivity contribution in [1.29, 1.82) is 0 Å². The highest BCUT2D eigenvalue weighted by Gasteiger charge is 2.15. The van der Waals surface area contributed by atoms with Crippen LogP contribution in [0.15, 0.2) is 42.5 Å². The number of ether oxygens (including phenoxy) is 1. The van der Waals surface area contributed by atoms with Gasteiger partial charge in [-0.15, -0.1) is 0 Å². The predicted octanol–water partition coefficient (Wildman–Crippen LogP) is 3.79. The highest BCUT2D eigenvalue weighted by molar-refractivity contribution is 5.74. The van der Waals surface area contributed by atoms with Gasteiger partial charge in [-0.1, -0.05) is 43.3 Å². The van der Waals surface area contributed by atoms with Gasteiger partial charge < -0.3 is 10.1 Å². The maximum absolute atomic E-state index is 5.91. The van der Waals surface area contributed by atoms with Crippen LogP contribution in [0.1, 0.15) is 24.5 Å². The molecule has 1 N–H and O–H groups in total. The van der Waals surface area contributed by atoms with Gasteiger partial charge in [-0.05, 0) is 42.1 Å². The Morgan fingerprint density at radius 1 is 1.05 bits per heavy atom. The molecule has 0 amide bonds. The van der Waals surface area contributed by atoms with Crippen LogP contribution >= 0.6 is 0 Å². The van der Waals surface area contributed by atoms with E-state index < -0.39 is 0 Å². The standard InChI is InChI=1S/C18H21NO/c1-2-12-20-18-9-4-3-7-16(18)15-8-5-6-14-10-11-19-13-17(14)15/h3-9,19H,2,10-13H2,1H3. The molecule has 2 heteroatoms. The Bertz CT molecular complexity index is 592. The summed E-state index contributed by atoms with van der Waals surface area (Å²) in [4.78, 5) is 0. The van der Waals surface area contributed by atoms with Crippen molar-refractivity contribution in [3.8, 4) is 16.9 Å². The second-order valence-electron chi connectivity index (χ2n) is 5.21. The van der Waals surface area contributed by atoms with Crippen LogP contribution in [0.2, 0.25) is 0 Å². The molecule has 0 fully saturated rings. The number of hydrogen-bond acceptors (Lipinski definition) is 2. The summed E-state index contributed by atoms with van der Waals surface area (Å²) in [5.41, 5.74) is 5.40. The molecule has 0 saturated carbocycles. The first kappa shape index (κ1) is 13.2. The summed E-state index contributed by atoms with van der Waals surface area (Å²) < 4.78 is 5.91. The summed E-state index contributed by atoms with van der Waals surface area (Å²) in [6.07, 6.45) is 2.14. The molecule has 2 nitrogen and oxygen atoms in total. The lowest BCUT2D eigenvalue weighted by Gasteiger charge is -2.21. The first-order valence-corrected chi connectivity index (χ1v) is 7.44. The Morgan fingerprint density at radius 2 is 1.90 bits per heavy atom. The fourth-order valence-electron chi connectivity index (χ4n) is 2.79. The molecule has 0 bridgehead atoms. The Labute approximate surface area is 120 Å². The Hall–Kier alpha value is -1.80. The van der Waals surface area contributed by atoms with Crippen molar-refractivity contribution in [2.75, 3.05) is 13.2 Å². The molecule has 0 saturated heterocycles. The molecule has 2 aromatic carbocycles. The van der Waals surface area contributed by atoms with Gasteiger partial charge >= 0.3 is 0 Å². The van der Waals surface area contributed by atoms with Crippen LogP contribution in [0.5, 0.6) is 5.75 Å². The Balaban J connectivity index is 2.05. The molecule has 20 heavy (non-hydrogen) atoms. The van der Waals surface area contributed by atoms with Gasteiger partial charge in [0.25, 0.3) is 0 Å². The molecule has 0 radical (unpaired) electrons. The van der Waals surface area contributed by atoms with Gasteiger partial charge in [0, 0.05) is 12.1 Å². The average Bonchev–Trinajstić information content (AvgIpc) is 2.53. The molecular formula is C18H21NO. The van der Waals surface area contributed by atoms with Crippen molar-refractivity contribution in [2.24, 2.45) is 0 Å². The predicted molar refractivity (Wildman–Crippen MR) is 83.1 cm³/mol. The Morgan fingerprint density at radius 3 is 2.80 bits per heavy atom. The summed E-state index contributed by atoms with van der Waals surface area (Å²) in [6.45, 7) is 4.93. The van der Waals surface area contributed by atoms with Crippen molar-refractivity contribution in [3.05, 3.63) is 53.6 Å². The minimum atomic E-state index is 0.768. The molecule has 2 aromatic rings. The summed E-state index contributed by atoms with van der Waals surface area (Å²) in [5, 5.41) is 3.47. The zero-order valence-corrected chi connectivity index (χ0v) is 12.0. The lowest BCUT2D eigenvalue weighted by atomic mass is 9.91. The Kier molecular flexibility index (Phi) is 4.03. The van der Waals surface area contributed by atoms with Crippen molar-refractivity contribution < 1.29 is 4.74 Å². The van der Waals surface area contributed by atoms with Crippen LogP contribution in [0.25, 0.3) is 11.1 Å². The third kappa shape index (κ3) is 2.56. The summed E-state index contributed by atoms with van der Waals surface area (Å²) >= 11 is 0. The van der Waals surface area contributed by atoms with E-state index in [0.29, 0.717) is 0 Å². The third-order valence-electron chi connectivity index (χ3n) is 3.78. The number of rotatable bonds is 4. The largest absolute Gasteiger partial charge is 0.493 e. The maximum atomic E-state index is 5.91. The fourth-order valence-corrected chi connectivity index (χ4v) is 2.79. The van der Waals surface area contributed by atoms with Gasteiger partial charge in [0.05, 0.1) is 6.61 Å². The van der Waals surface area contributed by atoms with Crippen LogP contribution in [-0.4, -0.2) is 13.2 Å². The molecule has 1 aliphatic heterocycles. The number of benzene rings is 2. The zero-order chi connectivity index (χ0) is 13.8. The average molecular weight is 267 g/mol. The van der Waals surface area contributed by atoms with Gasteiger partial charge in [-0.3, -0.25) is 0 Å². The molecule has 1 heterocycles. The van der Waals surface area contributed by atoms with E-state index in [1.807, 2.05) is 6.07 Å². The van der Waals surface area contributed by atoms with E-state index in [2.05, 4.69) is 48.6 Å². The maximum Gasteiger partial charge on any atom is 0.127 e. The summed E-state index contributed by atoms with van der Waals surface area (Å²) in [6, 6.07) is 15.0. The van der Waals surface area contributed by atoms with Crippen LogP contribution in [0.4, 0.5) is 0 Å². The molecule has 104 valence electrons. The van der Waals surface area contributed by atoms with E-state index in [1.165, 1.54) is 22.3 Å². The van der Waals surface area contributed by atoms with E-state index in [0.717, 1.165) is 38.3 Å². The monoisotopic (exact) mass is 267 g/mol. The highest BCUT2D eigenvalue weighted by Crippen LogP contribution is 2.34. The van der Waals surface area contributed by atoms with Crippen LogP contribution in [-0.2, 0) is 13.0 Å². The van der Waals surface area contributed by atoms with E-state index in [1.54, 1.807) is 0 Å². The lowest BCUT2D eigenvalue weighted by molar-refractivity contribution is 0.318. The van der Waals surface area contributed by atoms with Crippen molar-refractivity contribution in [1.82, 2.24) is 5.32 Å². The molecule has 0 atom stereocenters. The van der Waals surface area contributed by atoms with Crippen molar-refractivity contribution in [2.45, 2.75) is 26.3 Å². The minimum Gasteiger partial charge on any atom is -0.493 e. The molecule has 0 aromatic heterocycles. The fraction of sp³-hybridized carbons (Fsp3) is 0.333. The van der Waals surface area contributed by atoms with Crippen LogP contribution in [0.3, 0.4) is 0 Å². The zero-order valence-electron chi connectivity index (χ0n) is 12.0. The molecule has 0 unspecified atom stereocenters. The second kappa shape index (κ2) is 6.10. The molecular weight excluding hydrogens is 246 g/mol. The smallest absolute Gasteiger partial charge is 0.127 e. The van der Waals surface area contributed by atoms with Gasteiger partial charge in [0.2, 0.25) is 0 Å². The molecule has 0 aliphatic carbocycles. The van der Waals surface area contributed by atoms with Crippen LogP contribution in [0, 0.1) is 0 Å². The van der Waals surface area contributed by atoms with Crippen LogP contribution < -0.4 is 10.1 Å². The quantitative estimate of drug-likeness (QED) is 0.910. The number of hydrogen-bond donors (Lipinski definition) is 1.